The molecule has 2 aliphatic rings. The standard InChI is InChI=1S/C20H23FN4O2/c1-2-24-10-7-22-19(24)13-5-8-25(9-6-13)20(27)16-12-18(26)23-17-11-14(21)3-4-15(16)17/h3-4,7,10-11,13,16H,2,5-6,8-9,12H2,1H3,(H,23,26). The average molecular weight is 370 g/mol. The van der Waals surface area contributed by atoms with E-state index >= 15 is 0 Å². The molecule has 3 heterocycles. The van der Waals surface area contributed by atoms with Gasteiger partial charge in [-0.25, -0.2) is 9.37 Å². The Morgan fingerprint density at radius 2 is 2.11 bits per heavy atom. The number of aryl methyl sites for hydroxylation is 1. The zero-order valence-corrected chi connectivity index (χ0v) is 15.3. The number of nitrogens with zero attached hydrogens (tertiary/aromatic N) is 3. The number of hydrogen-bond acceptors (Lipinski definition) is 3. The number of fused-ring (bicyclic) bond motifs is 1. The second-order valence-electron chi connectivity index (χ2n) is 7.21. The average Bonchev–Trinajstić information content (AvgIpc) is 3.15. The van der Waals surface area contributed by atoms with E-state index in [0.717, 1.165) is 25.2 Å². The van der Waals surface area contributed by atoms with E-state index in [4.69, 9.17) is 0 Å². The van der Waals surface area contributed by atoms with Crippen LogP contribution in [0.1, 0.15) is 49.4 Å². The number of likely N-dealkylation sites (tertiary alicyclic amines) is 1. The number of nitrogens with one attached hydrogen (secondary N) is 1. The topological polar surface area (TPSA) is 67.2 Å². The number of amides is 2. The highest BCUT2D eigenvalue weighted by molar-refractivity contribution is 6.01. The quantitative estimate of drug-likeness (QED) is 0.903. The molecule has 1 aromatic carbocycles. The van der Waals surface area contributed by atoms with Crippen molar-refractivity contribution < 1.29 is 14.0 Å². The van der Waals surface area contributed by atoms with E-state index in [1.165, 1.54) is 12.1 Å². The second kappa shape index (κ2) is 7.13. The Morgan fingerprint density at radius 3 is 2.85 bits per heavy atom. The third-order valence-electron chi connectivity index (χ3n) is 5.61. The third kappa shape index (κ3) is 3.34. The Labute approximate surface area is 157 Å². The summed E-state index contributed by atoms with van der Waals surface area (Å²) in [4.78, 5) is 31.4. The number of carbonyl (C=O) groups is 2. The lowest BCUT2D eigenvalue weighted by Gasteiger charge is -2.35. The first-order valence-corrected chi connectivity index (χ1v) is 9.46. The van der Waals surface area contributed by atoms with Crippen molar-refractivity contribution in [3.05, 3.63) is 47.8 Å². The molecule has 0 aliphatic carbocycles. The van der Waals surface area contributed by atoms with E-state index in [0.29, 0.717) is 30.3 Å². The molecule has 1 aromatic heterocycles. The number of rotatable bonds is 3. The number of piperidine rings is 1. The molecule has 2 aliphatic heterocycles. The van der Waals surface area contributed by atoms with Crippen molar-refractivity contribution in [1.29, 1.82) is 0 Å². The van der Waals surface area contributed by atoms with E-state index in [9.17, 15) is 14.0 Å². The highest BCUT2D eigenvalue weighted by Gasteiger charge is 2.35. The van der Waals surface area contributed by atoms with Crippen LogP contribution in [0.25, 0.3) is 0 Å². The van der Waals surface area contributed by atoms with Crippen molar-refractivity contribution in [3.8, 4) is 0 Å². The Kier molecular flexibility index (Phi) is 4.68. The molecule has 1 fully saturated rings. The summed E-state index contributed by atoms with van der Waals surface area (Å²) >= 11 is 0. The first-order valence-electron chi connectivity index (χ1n) is 9.46. The largest absolute Gasteiger partial charge is 0.342 e. The van der Waals surface area contributed by atoms with Crippen LogP contribution < -0.4 is 5.32 Å². The fraction of sp³-hybridized carbons (Fsp3) is 0.450. The fourth-order valence-electron chi connectivity index (χ4n) is 4.18. The molecule has 2 amide bonds. The van der Waals surface area contributed by atoms with E-state index in [1.807, 2.05) is 17.3 Å². The van der Waals surface area contributed by atoms with Gasteiger partial charge in [0.25, 0.3) is 0 Å². The number of carbonyl (C=O) groups excluding carboxylic acids is 2. The molecular weight excluding hydrogens is 347 g/mol. The molecule has 1 atom stereocenters. The summed E-state index contributed by atoms with van der Waals surface area (Å²) in [5.74, 6) is 0.182. The van der Waals surface area contributed by atoms with Crippen molar-refractivity contribution in [1.82, 2.24) is 14.5 Å². The number of aromatic nitrogens is 2. The smallest absolute Gasteiger partial charge is 0.230 e. The zero-order chi connectivity index (χ0) is 19.0. The van der Waals surface area contributed by atoms with Crippen LogP contribution in [0.2, 0.25) is 0 Å². The van der Waals surface area contributed by atoms with Crippen molar-refractivity contribution in [2.24, 2.45) is 0 Å². The Balaban J connectivity index is 1.48. The lowest BCUT2D eigenvalue weighted by molar-refractivity contribution is -0.136. The molecular formula is C20H23FN4O2. The zero-order valence-electron chi connectivity index (χ0n) is 15.3. The van der Waals surface area contributed by atoms with Crippen LogP contribution in [0.15, 0.2) is 30.6 Å². The lowest BCUT2D eigenvalue weighted by Crippen LogP contribution is -2.43. The Hall–Kier alpha value is -2.70. The van der Waals surface area contributed by atoms with Crippen molar-refractivity contribution in [2.75, 3.05) is 18.4 Å². The minimum absolute atomic E-state index is 0.0463. The predicted molar refractivity (Wildman–Crippen MR) is 98.8 cm³/mol. The summed E-state index contributed by atoms with van der Waals surface area (Å²) in [6.45, 7) is 4.28. The van der Waals surface area contributed by atoms with Crippen molar-refractivity contribution in [2.45, 2.75) is 44.6 Å². The SMILES string of the molecule is CCn1ccnc1C1CCN(C(=O)C2CC(=O)Nc3cc(F)ccc32)CC1. The highest BCUT2D eigenvalue weighted by atomic mass is 19.1. The number of imidazole rings is 1. The van der Waals surface area contributed by atoms with Gasteiger partial charge in [0.1, 0.15) is 11.6 Å². The number of benzene rings is 1. The van der Waals surface area contributed by atoms with E-state index in [-0.39, 0.29) is 18.2 Å². The van der Waals surface area contributed by atoms with Gasteiger partial charge in [0.05, 0.1) is 5.92 Å². The number of anilines is 1. The maximum atomic E-state index is 13.5. The highest BCUT2D eigenvalue weighted by Crippen LogP contribution is 2.35. The maximum Gasteiger partial charge on any atom is 0.230 e. The molecule has 0 spiro atoms. The summed E-state index contributed by atoms with van der Waals surface area (Å²) in [5, 5.41) is 2.67. The molecule has 142 valence electrons. The van der Waals surface area contributed by atoms with Gasteiger partial charge in [-0.05, 0) is 37.5 Å². The molecule has 27 heavy (non-hydrogen) atoms. The predicted octanol–water partition coefficient (Wildman–Crippen LogP) is 2.87. The van der Waals surface area contributed by atoms with Crippen LogP contribution in [-0.4, -0.2) is 39.4 Å². The molecule has 4 rings (SSSR count). The van der Waals surface area contributed by atoms with Crippen LogP contribution >= 0.6 is 0 Å². The maximum absolute atomic E-state index is 13.5. The Morgan fingerprint density at radius 1 is 1.33 bits per heavy atom. The number of halogens is 1. The monoisotopic (exact) mass is 370 g/mol. The van der Waals surface area contributed by atoms with Gasteiger partial charge in [-0.3, -0.25) is 9.59 Å². The summed E-state index contributed by atoms with van der Waals surface area (Å²) in [7, 11) is 0. The number of hydrogen-bond donors (Lipinski definition) is 1. The van der Waals surface area contributed by atoms with Gasteiger partial charge in [-0.15, -0.1) is 0 Å². The van der Waals surface area contributed by atoms with Gasteiger partial charge < -0.3 is 14.8 Å². The molecule has 7 heteroatoms. The van der Waals surface area contributed by atoms with Gasteiger partial charge in [0, 0.05) is 50.1 Å². The summed E-state index contributed by atoms with van der Waals surface area (Å²) in [6.07, 6.45) is 5.64. The van der Waals surface area contributed by atoms with Gasteiger partial charge in [0.15, 0.2) is 0 Å². The van der Waals surface area contributed by atoms with Crippen molar-refractivity contribution in [3.63, 3.8) is 0 Å². The van der Waals surface area contributed by atoms with Gasteiger partial charge >= 0.3 is 0 Å². The second-order valence-corrected chi connectivity index (χ2v) is 7.21. The molecule has 2 aromatic rings. The molecule has 1 unspecified atom stereocenters. The van der Waals surface area contributed by atoms with Crippen LogP contribution in [-0.2, 0) is 16.1 Å². The molecule has 0 radical (unpaired) electrons. The summed E-state index contributed by atoms with van der Waals surface area (Å²) in [6, 6.07) is 4.23. The van der Waals surface area contributed by atoms with Crippen LogP contribution in [0, 0.1) is 5.82 Å². The first kappa shape index (κ1) is 17.7. The third-order valence-corrected chi connectivity index (χ3v) is 5.61. The van der Waals surface area contributed by atoms with Crippen LogP contribution in [0.5, 0.6) is 0 Å². The minimum Gasteiger partial charge on any atom is -0.342 e. The van der Waals surface area contributed by atoms with Gasteiger partial charge in [-0.1, -0.05) is 6.07 Å². The van der Waals surface area contributed by atoms with Gasteiger partial charge in [0.2, 0.25) is 11.8 Å². The van der Waals surface area contributed by atoms with E-state index < -0.39 is 11.7 Å². The molecule has 6 nitrogen and oxygen atoms in total. The van der Waals surface area contributed by atoms with E-state index in [1.54, 1.807) is 6.07 Å². The molecule has 1 saturated heterocycles. The minimum atomic E-state index is -0.538. The lowest BCUT2D eigenvalue weighted by atomic mass is 9.88. The first-order chi connectivity index (χ1) is 13.1. The van der Waals surface area contributed by atoms with Crippen LogP contribution in [0.4, 0.5) is 10.1 Å². The molecule has 0 bridgehead atoms. The summed E-state index contributed by atoms with van der Waals surface area (Å²) in [5.41, 5.74) is 1.11. The molecule has 0 saturated carbocycles. The normalized spacial score (nSPS) is 20.3. The van der Waals surface area contributed by atoms with E-state index in [2.05, 4.69) is 21.8 Å². The van der Waals surface area contributed by atoms with Crippen molar-refractivity contribution >= 4 is 17.5 Å². The van der Waals surface area contributed by atoms with Gasteiger partial charge in [-0.2, -0.15) is 0 Å². The van der Waals surface area contributed by atoms with Crippen LogP contribution in [0.3, 0.4) is 0 Å². The molecule has 1 N–H and O–H groups in total. The summed E-state index contributed by atoms with van der Waals surface area (Å²) < 4.78 is 15.6. The fourth-order valence-corrected chi connectivity index (χ4v) is 4.18. The Bertz CT molecular complexity index is 871.